The summed E-state index contributed by atoms with van der Waals surface area (Å²) < 4.78 is 1.81. The maximum atomic E-state index is 6.00. The van der Waals surface area contributed by atoms with E-state index in [4.69, 9.17) is 11.6 Å². The van der Waals surface area contributed by atoms with E-state index in [2.05, 4.69) is 18.9 Å². The minimum atomic E-state index is 0.336. The Bertz CT molecular complexity index is 245. The SMILES string of the molecule is CSc1cnn(C(C)C)c1Cl. The highest BCUT2D eigenvalue weighted by Crippen LogP contribution is 2.26. The van der Waals surface area contributed by atoms with Crippen LogP contribution in [0.1, 0.15) is 19.9 Å². The second-order valence-corrected chi connectivity index (χ2v) is 3.75. The summed E-state index contributed by atoms with van der Waals surface area (Å²) in [6.45, 7) is 4.12. The van der Waals surface area contributed by atoms with Crippen LogP contribution in [0.25, 0.3) is 0 Å². The fourth-order valence-corrected chi connectivity index (χ4v) is 1.76. The molecule has 1 heterocycles. The number of rotatable bonds is 2. The zero-order valence-corrected chi connectivity index (χ0v) is 8.41. The van der Waals surface area contributed by atoms with E-state index in [1.807, 2.05) is 10.9 Å². The second-order valence-electron chi connectivity index (χ2n) is 2.54. The number of halogens is 1. The molecule has 0 aromatic carbocycles. The van der Waals surface area contributed by atoms with Crippen molar-refractivity contribution in [2.24, 2.45) is 0 Å². The van der Waals surface area contributed by atoms with Gasteiger partial charge in [0.05, 0.1) is 11.1 Å². The van der Waals surface area contributed by atoms with Crippen molar-refractivity contribution < 1.29 is 0 Å². The number of hydrogen-bond acceptors (Lipinski definition) is 2. The Kier molecular flexibility index (Phi) is 2.84. The van der Waals surface area contributed by atoms with Gasteiger partial charge in [-0.3, -0.25) is 4.68 Å². The molecule has 0 bridgehead atoms. The number of thioether (sulfide) groups is 1. The maximum Gasteiger partial charge on any atom is 0.140 e. The quantitative estimate of drug-likeness (QED) is 0.668. The summed E-state index contributed by atoms with van der Waals surface area (Å²) >= 11 is 7.62. The molecule has 1 rings (SSSR count). The van der Waals surface area contributed by atoms with E-state index < -0.39 is 0 Å². The van der Waals surface area contributed by atoms with Crippen LogP contribution in [0.4, 0.5) is 0 Å². The van der Waals surface area contributed by atoms with Gasteiger partial charge in [0.2, 0.25) is 0 Å². The van der Waals surface area contributed by atoms with Crippen LogP contribution in [0.5, 0.6) is 0 Å². The lowest BCUT2D eigenvalue weighted by Gasteiger charge is -2.05. The monoisotopic (exact) mass is 190 g/mol. The molecule has 0 fully saturated rings. The van der Waals surface area contributed by atoms with Crippen LogP contribution in [-0.4, -0.2) is 16.0 Å². The fourth-order valence-electron chi connectivity index (χ4n) is 0.828. The molecule has 0 N–H and O–H groups in total. The molecule has 4 heteroatoms. The van der Waals surface area contributed by atoms with Gasteiger partial charge in [-0.05, 0) is 20.1 Å². The third-order valence-electron chi connectivity index (χ3n) is 1.41. The topological polar surface area (TPSA) is 17.8 Å². The van der Waals surface area contributed by atoms with Crippen LogP contribution in [0.3, 0.4) is 0 Å². The molecule has 0 unspecified atom stereocenters. The van der Waals surface area contributed by atoms with Crippen LogP contribution < -0.4 is 0 Å². The van der Waals surface area contributed by atoms with E-state index >= 15 is 0 Å². The van der Waals surface area contributed by atoms with Crippen molar-refractivity contribution in [2.75, 3.05) is 6.26 Å². The smallest absolute Gasteiger partial charge is 0.140 e. The van der Waals surface area contributed by atoms with E-state index in [1.165, 1.54) is 0 Å². The molecule has 0 aliphatic rings. The van der Waals surface area contributed by atoms with Gasteiger partial charge in [0.1, 0.15) is 5.15 Å². The lowest BCUT2D eigenvalue weighted by Crippen LogP contribution is -2.01. The van der Waals surface area contributed by atoms with Gasteiger partial charge in [-0.1, -0.05) is 11.6 Å². The van der Waals surface area contributed by atoms with E-state index in [0.717, 1.165) is 10.0 Å². The predicted molar refractivity (Wildman–Crippen MR) is 49.4 cm³/mol. The number of hydrogen-bond donors (Lipinski definition) is 0. The summed E-state index contributed by atoms with van der Waals surface area (Å²) in [4.78, 5) is 1.04. The molecular formula is C7H11ClN2S. The summed E-state index contributed by atoms with van der Waals surface area (Å²) in [6.07, 6.45) is 3.79. The third kappa shape index (κ3) is 1.71. The van der Waals surface area contributed by atoms with Crippen LogP contribution >= 0.6 is 23.4 Å². The van der Waals surface area contributed by atoms with Gasteiger partial charge in [-0.15, -0.1) is 11.8 Å². The van der Waals surface area contributed by atoms with Crippen molar-refractivity contribution in [2.45, 2.75) is 24.8 Å². The summed E-state index contributed by atoms with van der Waals surface area (Å²) in [5.74, 6) is 0. The number of aromatic nitrogens is 2. The molecule has 0 radical (unpaired) electrons. The molecule has 0 aliphatic heterocycles. The minimum Gasteiger partial charge on any atom is -0.250 e. The molecule has 62 valence electrons. The zero-order valence-electron chi connectivity index (χ0n) is 6.84. The van der Waals surface area contributed by atoms with Crippen molar-refractivity contribution >= 4 is 23.4 Å². The molecule has 0 amide bonds. The Labute approximate surface area is 75.9 Å². The zero-order chi connectivity index (χ0) is 8.43. The average molecular weight is 191 g/mol. The van der Waals surface area contributed by atoms with Crippen molar-refractivity contribution in [3.05, 3.63) is 11.3 Å². The largest absolute Gasteiger partial charge is 0.250 e. The lowest BCUT2D eigenvalue weighted by molar-refractivity contribution is 0.532. The van der Waals surface area contributed by atoms with Crippen LogP contribution in [-0.2, 0) is 0 Å². The van der Waals surface area contributed by atoms with Gasteiger partial charge in [0.25, 0.3) is 0 Å². The third-order valence-corrected chi connectivity index (χ3v) is 2.64. The molecule has 1 aromatic heterocycles. The van der Waals surface area contributed by atoms with E-state index in [0.29, 0.717) is 6.04 Å². The molecule has 0 saturated heterocycles. The highest BCUT2D eigenvalue weighted by molar-refractivity contribution is 7.98. The summed E-state index contributed by atoms with van der Waals surface area (Å²) in [6, 6.07) is 0.336. The molecular weight excluding hydrogens is 180 g/mol. The lowest BCUT2D eigenvalue weighted by atomic mass is 10.4. The van der Waals surface area contributed by atoms with Gasteiger partial charge in [0, 0.05) is 6.04 Å². The van der Waals surface area contributed by atoms with E-state index in [-0.39, 0.29) is 0 Å². The van der Waals surface area contributed by atoms with E-state index in [1.54, 1.807) is 18.0 Å². The predicted octanol–water partition coefficient (Wildman–Crippen LogP) is 2.84. The van der Waals surface area contributed by atoms with Crippen molar-refractivity contribution in [3.8, 4) is 0 Å². The second kappa shape index (κ2) is 3.50. The molecule has 1 aromatic rings. The van der Waals surface area contributed by atoms with Crippen LogP contribution in [0, 0.1) is 0 Å². The Morgan fingerprint density at radius 3 is 2.55 bits per heavy atom. The summed E-state index contributed by atoms with van der Waals surface area (Å²) in [5, 5.41) is 4.89. The highest BCUT2D eigenvalue weighted by atomic mass is 35.5. The van der Waals surface area contributed by atoms with Crippen molar-refractivity contribution in [1.29, 1.82) is 0 Å². The Balaban J connectivity index is 3.00. The highest BCUT2D eigenvalue weighted by Gasteiger charge is 2.08. The minimum absolute atomic E-state index is 0.336. The molecule has 0 spiro atoms. The first-order valence-corrected chi connectivity index (χ1v) is 5.04. The van der Waals surface area contributed by atoms with Crippen molar-refractivity contribution in [1.82, 2.24) is 9.78 Å². The number of nitrogens with zero attached hydrogens (tertiary/aromatic N) is 2. The molecule has 0 atom stereocenters. The molecule has 2 nitrogen and oxygen atoms in total. The van der Waals surface area contributed by atoms with Gasteiger partial charge in [0.15, 0.2) is 0 Å². The Morgan fingerprint density at radius 1 is 1.64 bits per heavy atom. The van der Waals surface area contributed by atoms with E-state index in [9.17, 15) is 0 Å². The van der Waals surface area contributed by atoms with Gasteiger partial charge < -0.3 is 0 Å². The normalized spacial score (nSPS) is 11.0. The Hall–Kier alpha value is -0.150. The standard InChI is InChI=1S/C7H11ClN2S/c1-5(2)10-7(8)6(11-3)4-9-10/h4-5H,1-3H3. The molecule has 0 aliphatic carbocycles. The summed E-state index contributed by atoms with van der Waals surface area (Å²) in [5.41, 5.74) is 0. The maximum absolute atomic E-state index is 6.00. The van der Waals surface area contributed by atoms with Crippen LogP contribution in [0.2, 0.25) is 5.15 Å². The first-order chi connectivity index (χ1) is 5.16. The Morgan fingerprint density at radius 2 is 2.27 bits per heavy atom. The average Bonchev–Trinajstić information content (AvgIpc) is 2.30. The van der Waals surface area contributed by atoms with Crippen molar-refractivity contribution in [3.63, 3.8) is 0 Å². The fraction of sp³-hybridized carbons (Fsp3) is 0.571. The van der Waals surface area contributed by atoms with Crippen LogP contribution in [0.15, 0.2) is 11.1 Å². The molecule has 0 saturated carbocycles. The first kappa shape index (κ1) is 8.94. The van der Waals surface area contributed by atoms with Gasteiger partial charge in [-0.25, -0.2) is 0 Å². The molecule has 11 heavy (non-hydrogen) atoms. The van der Waals surface area contributed by atoms with Gasteiger partial charge >= 0.3 is 0 Å². The first-order valence-electron chi connectivity index (χ1n) is 3.43. The van der Waals surface area contributed by atoms with Gasteiger partial charge in [-0.2, -0.15) is 5.10 Å². The summed E-state index contributed by atoms with van der Waals surface area (Å²) in [7, 11) is 0.